The van der Waals surface area contributed by atoms with Crippen LogP contribution in [0.1, 0.15) is 50.1 Å². The van der Waals surface area contributed by atoms with Gasteiger partial charge in [0.2, 0.25) is 5.89 Å². The minimum Gasteiger partial charge on any atom is -0.453 e. The number of nitrogens with zero attached hydrogens (tertiary/aromatic N) is 6. The minimum absolute atomic E-state index is 0.176. The number of hydrogen-bond acceptors (Lipinski definition) is 7. The van der Waals surface area contributed by atoms with Gasteiger partial charge in [0, 0.05) is 30.4 Å². The van der Waals surface area contributed by atoms with Gasteiger partial charge in [-0.15, -0.1) is 0 Å². The van der Waals surface area contributed by atoms with Gasteiger partial charge in [-0.1, -0.05) is 19.1 Å². The molecule has 0 unspecified atom stereocenters. The van der Waals surface area contributed by atoms with E-state index in [9.17, 15) is 9.18 Å². The Morgan fingerprint density at radius 1 is 1.18 bits per heavy atom. The monoisotopic (exact) mass is 456 g/mol. The number of fused-ring (bicyclic) bond motifs is 1. The number of carbonyl (C=O) groups is 1. The Morgan fingerprint density at radius 2 is 1.94 bits per heavy atom. The molecule has 5 rings (SSSR count). The molecule has 2 aliphatic heterocycles. The van der Waals surface area contributed by atoms with Crippen LogP contribution in [0, 0.1) is 5.82 Å². The van der Waals surface area contributed by atoms with Crippen molar-refractivity contribution in [3.05, 3.63) is 35.6 Å². The third-order valence-electron chi connectivity index (χ3n) is 6.98. The van der Waals surface area contributed by atoms with Crippen LogP contribution in [0.5, 0.6) is 0 Å². The number of benzene rings is 1. The van der Waals surface area contributed by atoms with E-state index in [1.807, 2.05) is 13.0 Å². The molecule has 2 aromatic heterocycles. The van der Waals surface area contributed by atoms with E-state index in [0.717, 1.165) is 62.9 Å². The standard InChI is InChI=1S/C23H29FN6O3/c1-3-19-17-5-4-6-18(24)20(17)30(26-19)22-25-21(33-27-22)15-7-11-28(12-8-15)16-9-13-29(14-10-16)23(31)32-2/h4-6,15-16H,3,7-14H2,1-2H3. The summed E-state index contributed by atoms with van der Waals surface area (Å²) in [5.74, 6) is 0.688. The fraction of sp³-hybridized carbons (Fsp3) is 0.565. The number of rotatable bonds is 4. The van der Waals surface area contributed by atoms with Crippen LogP contribution in [0.2, 0.25) is 0 Å². The van der Waals surface area contributed by atoms with E-state index in [0.29, 0.717) is 23.9 Å². The lowest BCUT2D eigenvalue weighted by molar-refractivity contribution is 0.0712. The zero-order valence-electron chi connectivity index (χ0n) is 19.0. The van der Waals surface area contributed by atoms with Gasteiger partial charge in [-0.05, 0) is 56.4 Å². The molecule has 2 fully saturated rings. The topological polar surface area (TPSA) is 89.5 Å². The van der Waals surface area contributed by atoms with Gasteiger partial charge in [0.05, 0.1) is 12.8 Å². The number of piperidine rings is 2. The summed E-state index contributed by atoms with van der Waals surface area (Å²) < 4.78 is 26.5. The van der Waals surface area contributed by atoms with Crippen LogP contribution in [-0.2, 0) is 11.2 Å². The Kier molecular flexibility index (Phi) is 6.01. The van der Waals surface area contributed by atoms with Gasteiger partial charge in [-0.25, -0.2) is 9.18 Å². The van der Waals surface area contributed by atoms with Crippen molar-refractivity contribution in [3.63, 3.8) is 0 Å². The average Bonchev–Trinajstić information content (AvgIpc) is 3.49. The highest BCUT2D eigenvalue weighted by Gasteiger charge is 2.32. The molecule has 0 radical (unpaired) electrons. The van der Waals surface area contributed by atoms with Crippen LogP contribution in [0.15, 0.2) is 22.7 Å². The maximum Gasteiger partial charge on any atom is 0.409 e. The molecule has 1 amide bonds. The molecular formula is C23H29FN6O3. The van der Waals surface area contributed by atoms with E-state index in [4.69, 9.17) is 9.26 Å². The molecule has 4 heterocycles. The Labute approximate surface area is 191 Å². The number of carbonyl (C=O) groups excluding carboxylic acids is 1. The number of likely N-dealkylation sites (tertiary alicyclic amines) is 2. The van der Waals surface area contributed by atoms with Crippen LogP contribution < -0.4 is 0 Å². The van der Waals surface area contributed by atoms with Gasteiger partial charge >= 0.3 is 6.09 Å². The lowest BCUT2D eigenvalue weighted by Gasteiger charge is -2.40. The summed E-state index contributed by atoms with van der Waals surface area (Å²) in [5.41, 5.74) is 1.19. The summed E-state index contributed by atoms with van der Waals surface area (Å²) >= 11 is 0. The molecule has 9 nitrogen and oxygen atoms in total. The maximum atomic E-state index is 14.6. The molecule has 0 aliphatic carbocycles. The lowest BCUT2D eigenvalue weighted by Crippen LogP contribution is -2.48. The highest BCUT2D eigenvalue weighted by Crippen LogP contribution is 2.31. The van der Waals surface area contributed by atoms with Gasteiger partial charge in [0.15, 0.2) is 0 Å². The smallest absolute Gasteiger partial charge is 0.409 e. The number of aromatic nitrogens is 4. The van der Waals surface area contributed by atoms with Crippen molar-refractivity contribution >= 4 is 17.0 Å². The third kappa shape index (κ3) is 4.07. The first-order chi connectivity index (χ1) is 16.1. The average molecular weight is 457 g/mol. The molecule has 10 heteroatoms. The first-order valence-corrected chi connectivity index (χ1v) is 11.7. The van der Waals surface area contributed by atoms with E-state index in [2.05, 4.69) is 20.1 Å². The van der Waals surface area contributed by atoms with Crippen LogP contribution in [0.4, 0.5) is 9.18 Å². The predicted molar refractivity (Wildman–Crippen MR) is 119 cm³/mol. The van der Waals surface area contributed by atoms with Crippen molar-refractivity contribution in [3.8, 4) is 5.95 Å². The van der Waals surface area contributed by atoms with Crippen molar-refractivity contribution in [2.75, 3.05) is 33.3 Å². The van der Waals surface area contributed by atoms with Gasteiger partial charge in [-0.3, -0.25) is 0 Å². The predicted octanol–water partition coefficient (Wildman–Crippen LogP) is 3.52. The van der Waals surface area contributed by atoms with E-state index in [1.54, 1.807) is 11.0 Å². The summed E-state index contributed by atoms with van der Waals surface area (Å²) in [6, 6.07) is 5.47. The van der Waals surface area contributed by atoms with Gasteiger partial charge in [0.1, 0.15) is 11.3 Å². The van der Waals surface area contributed by atoms with Crippen molar-refractivity contribution in [2.24, 2.45) is 0 Å². The fourth-order valence-electron chi connectivity index (χ4n) is 5.13. The molecule has 0 N–H and O–H groups in total. The summed E-state index contributed by atoms with van der Waals surface area (Å²) in [5, 5.41) is 9.44. The molecule has 0 saturated carbocycles. The van der Waals surface area contributed by atoms with E-state index in [-0.39, 0.29) is 23.8 Å². The van der Waals surface area contributed by atoms with Crippen molar-refractivity contribution < 1.29 is 18.4 Å². The second-order valence-corrected chi connectivity index (χ2v) is 8.78. The first kappa shape index (κ1) is 21.8. The number of aryl methyl sites for hydroxylation is 1. The quantitative estimate of drug-likeness (QED) is 0.593. The summed E-state index contributed by atoms with van der Waals surface area (Å²) in [6.45, 7) is 5.36. The normalized spacial score (nSPS) is 18.8. The number of methoxy groups -OCH3 is 1. The van der Waals surface area contributed by atoms with Crippen LogP contribution in [-0.4, -0.2) is 75.1 Å². The molecule has 0 bridgehead atoms. The van der Waals surface area contributed by atoms with Gasteiger partial charge < -0.3 is 19.1 Å². The van der Waals surface area contributed by atoms with Gasteiger partial charge in [0.25, 0.3) is 5.95 Å². The zero-order valence-corrected chi connectivity index (χ0v) is 19.0. The second-order valence-electron chi connectivity index (χ2n) is 8.78. The molecular weight excluding hydrogens is 427 g/mol. The highest BCUT2D eigenvalue weighted by molar-refractivity contribution is 5.83. The summed E-state index contributed by atoms with van der Waals surface area (Å²) in [6.07, 6.45) is 4.22. The molecule has 33 heavy (non-hydrogen) atoms. The number of para-hydroxylation sites is 1. The number of ether oxygens (including phenoxy) is 1. The number of hydrogen-bond donors (Lipinski definition) is 0. The summed E-state index contributed by atoms with van der Waals surface area (Å²) in [7, 11) is 1.43. The molecule has 0 atom stereocenters. The fourth-order valence-corrected chi connectivity index (χ4v) is 5.13. The van der Waals surface area contributed by atoms with E-state index < -0.39 is 0 Å². The Bertz CT molecular complexity index is 1130. The Morgan fingerprint density at radius 3 is 2.64 bits per heavy atom. The van der Waals surface area contributed by atoms with E-state index in [1.165, 1.54) is 17.9 Å². The molecule has 2 saturated heterocycles. The zero-order chi connectivity index (χ0) is 22.9. The van der Waals surface area contributed by atoms with Crippen molar-refractivity contribution in [1.82, 2.24) is 29.7 Å². The molecule has 2 aliphatic rings. The van der Waals surface area contributed by atoms with Crippen molar-refractivity contribution in [2.45, 2.75) is 51.0 Å². The Hall–Kier alpha value is -3.01. The summed E-state index contributed by atoms with van der Waals surface area (Å²) in [4.78, 5) is 20.6. The van der Waals surface area contributed by atoms with Crippen LogP contribution in [0.3, 0.4) is 0 Å². The molecule has 0 spiro atoms. The maximum absolute atomic E-state index is 14.6. The second kappa shape index (κ2) is 9.09. The molecule has 3 aromatic rings. The van der Waals surface area contributed by atoms with Crippen LogP contribution in [0.25, 0.3) is 16.9 Å². The highest BCUT2D eigenvalue weighted by atomic mass is 19.1. The minimum atomic E-state index is -0.349. The van der Waals surface area contributed by atoms with Crippen molar-refractivity contribution in [1.29, 1.82) is 0 Å². The van der Waals surface area contributed by atoms with E-state index >= 15 is 0 Å². The number of amides is 1. The first-order valence-electron chi connectivity index (χ1n) is 11.7. The van der Waals surface area contributed by atoms with Gasteiger partial charge in [-0.2, -0.15) is 14.8 Å². The number of halogens is 1. The lowest BCUT2D eigenvalue weighted by atomic mass is 9.93. The Balaban J connectivity index is 1.25. The molecule has 1 aromatic carbocycles. The third-order valence-corrected chi connectivity index (χ3v) is 6.98. The van der Waals surface area contributed by atoms with Crippen LogP contribution >= 0.6 is 0 Å². The SMILES string of the molecule is CCc1nn(-c2noc(C3CCN(C4CCN(C(=O)OC)CC4)CC3)n2)c2c(F)cccc12. The largest absolute Gasteiger partial charge is 0.453 e. The molecule has 176 valence electrons.